The Morgan fingerprint density at radius 2 is 1.94 bits per heavy atom. The molecule has 5 nitrogen and oxygen atoms in total. The maximum absolute atomic E-state index is 11.4. The number of hydrogen-bond donors (Lipinski definition) is 3. The van der Waals surface area contributed by atoms with Gasteiger partial charge in [-0.1, -0.05) is 13.8 Å². The van der Waals surface area contributed by atoms with Crippen LogP contribution in [-0.2, 0) is 9.59 Å². The van der Waals surface area contributed by atoms with Crippen molar-refractivity contribution in [1.82, 2.24) is 10.6 Å². The Labute approximate surface area is 103 Å². The van der Waals surface area contributed by atoms with Gasteiger partial charge in [0.25, 0.3) is 0 Å². The second-order valence-corrected chi connectivity index (χ2v) is 4.42. The van der Waals surface area contributed by atoms with Crippen molar-refractivity contribution in [1.29, 1.82) is 0 Å². The van der Waals surface area contributed by atoms with Crippen LogP contribution in [0.2, 0.25) is 0 Å². The molecular weight excluding hydrogens is 220 g/mol. The van der Waals surface area contributed by atoms with Crippen LogP contribution in [0.3, 0.4) is 0 Å². The molecule has 0 saturated carbocycles. The lowest BCUT2D eigenvalue weighted by molar-refractivity contribution is -0.141. The van der Waals surface area contributed by atoms with Gasteiger partial charge in [-0.05, 0) is 26.2 Å². The SMILES string of the molecule is CCC(C)NCC(=O)NCCCC(C)C(=O)O. The van der Waals surface area contributed by atoms with Gasteiger partial charge in [0.15, 0.2) is 0 Å². The molecule has 0 spiro atoms. The highest BCUT2D eigenvalue weighted by atomic mass is 16.4. The molecule has 0 bridgehead atoms. The molecule has 2 atom stereocenters. The highest BCUT2D eigenvalue weighted by Crippen LogP contribution is 2.03. The number of aliphatic carboxylic acids is 1. The van der Waals surface area contributed by atoms with E-state index < -0.39 is 5.97 Å². The summed E-state index contributed by atoms with van der Waals surface area (Å²) in [6, 6.07) is 0.341. The van der Waals surface area contributed by atoms with E-state index in [1.165, 1.54) is 0 Å². The number of rotatable bonds is 9. The second-order valence-electron chi connectivity index (χ2n) is 4.42. The Morgan fingerprint density at radius 3 is 2.47 bits per heavy atom. The first-order valence-corrected chi connectivity index (χ1v) is 6.20. The number of carbonyl (C=O) groups is 2. The van der Waals surface area contributed by atoms with E-state index in [2.05, 4.69) is 17.6 Å². The summed E-state index contributed by atoms with van der Waals surface area (Å²) in [6.07, 6.45) is 2.28. The lowest BCUT2D eigenvalue weighted by Gasteiger charge is -2.11. The van der Waals surface area contributed by atoms with E-state index in [4.69, 9.17) is 5.11 Å². The number of carbonyl (C=O) groups excluding carboxylic acids is 1. The summed E-state index contributed by atoms with van der Waals surface area (Å²) < 4.78 is 0. The fourth-order valence-electron chi connectivity index (χ4n) is 1.23. The van der Waals surface area contributed by atoms with Gasteiger partial charge < -0.3 is 15.7 Å². The minimum Gasteiger partial charge on any atom is -0.481 e. The van der Waals surface area contributed by atoms with Crippen LogP contribution in [0.25, 0.3) is 0 Å². The van der Waals surface area contributed by atoms with E-state index in [-0.39, 0.29) is 11.8 Å². The van der Waals surface area contributed by atoms with Crippen LogP contribution >= 0.6 is 0 Å². The molecule has 5 heteroatoms. The summed E-state index contributed by atoms with van der Waals surface area (Å²) in [5.74, 6) is -1.16. The molecule has 0 saturated heterocycles. The van der Waals surface area contributed by atoms with Crippen LogP contribution in [0, 0.1) is 5.92 Å². The molecule has 0 rings (SSSR count). The zero-order chi connectivity index (χ0) is 13.3. The first kappa shape index (κ1) is 15.9. The minimum absolute atomic E-state index is 0.0340. The topological polar surface area (TPSA) is 78.4 Å². The van der Waals surface area contributed by atoms with Crippen molar-refractivity contribution >= 4 is 11.9 Å². The molecule has 0 heterocycles. The highest BCUT2D eigenvalue weighted by Gasteiger charge is 2.10. The Kier molecular flexibility index (Phi) is 8.40. The van der Waals surface area contributed by atoms with E-state index in [1.807, 2.05) is 6.92 Å². The van der Waals surface area contributed by atoms with Gasteiger partial charge in [-0.3, -0.25) is 9.59 Å². The van der Waals surface area contributed by atoms with Gasteiger partial charge in [-0.2, -0.15) is 0 Å². The fraction of sp³-hybridized carbons (Fsp3) is 0.833. The maximum Gasteiger partial charge on any atom is 0.306 e. The third kappa shape index (κ3) is 8.68. The van der Waals surface area contributed by atoms with Crippen molar-refractivity contribution in [2.75, 3.05) is 13.1 Å². The Hall–Kier alpha value is -1.10. The summed E-state index contributed by atoms with van der Waals surface area (Å²) in [6.45, 7) is 6.63. The molecule has 0 aromatic rings. The van der Waals surface area contributed by atoms with Gasteiger partial charge in [0, 0.05) is 12.6 Å². The monoisotopic (exact) mass is 244 g/mol. The molecule has 0 aliphatic rings. The summed E-state index contributed by atoms with van der Waals surface area (Å²) >= 11 is 0. The first-order valence-electron chi connectivity index (χ1n) is 6.20. The van der Waals surface area contributed by atoms with Crippen molar-refractivity contribution in [2.24, 2.45) is 5.92 Å². The van der Waals surface area contributed by atoms with Crippen LogP contribution in [0.5, 0.6) is 0 Å². The van der Waals surface area contributed by atoms with Crippen LogP contribution in [-0.4, -0.2) is 36.1 Å². The molecule has 0 aromatic heterocycles. The maximum atomic E-state index is 11.4. The Balaban J connectivity index is 3.48. The summed E-state index contributed by atoms with van der Waals surface area (Å²) in [5.41, 5.74) is 0. The zero-order valence-corrected chi connectivity index (χ0v) is 11.0. The van der Waals surface area contributed by atoms with Gasteiger partial charge in [-0.25, -0.2) is 0 Å². The predicted molar refractivity (Wildman–Crippen MR) is 66.8 cm³/mol. The third-order valence-corrected chi connectivity index (χ3v) is 2.78. The van der Waals surface area contributed by atoms with Crippen molar-refractivity contribution in [3.63, 3.8) is 0 Å². The van der Waals surface area contributed by atoms with Crippen LogP contribution in [0.1, 0.15) is 40.0 Å². The van der Waals surface area contributed by atoms with Crippen molar-refractivity contribution in [3.8, 4) is 0 Å². The molecule has 0 aliphatic carbocycles. The van der Waals surface area contributed by atoms with E-state index in [9.17, 15) is 9.59 Å². The van der Waals surface area contributed by atoms with Gasteiger partial charge in [0.1, 0.15) is 0 Å². The molecule has 0 aliphatic heterocycles. The van der Waals surface area contributed by atoms with E-state index in [0.717, 1.165) is 6.42 Å². The number of nitrogens with one attached hydrogen (secondary N) is 2. The normalized spacial score (nSPS) is 14.1. The van der Waals surface area contributed by atoms with E-state index >= 15 is 0 Å². The fourth-order valence-corrected chi connectivity index (χ4v) is 1.23. The molecule has 0 radical (unpaired) electrons. The van der Waals surface area contributed by atoms with Crippen molar-refractivity contribution in [3.05, 3.63) is 0 Å². The molecule has 2 unspecified atom stereocenters. The summed E-state index contributed by atoms with van der Waals surface area (Å²) in [5, 5.41) is 14.5. The van der Waals surface area contributed by atoms with Gasteiger partial charge in [0.2, 0.25) is 5.91 Å². The lowest BCUT2D eigenvalue weighted by Crippen LogP contribution is -2.38. The molecule has 3 N–H and O–H groups in total. The van der Waals surface area contributed by atoms with Crippen LogP contribution in [0.4, 0.5) is 0 Å². The number of amides is 1. The molecule has 0 aromatic carbocycles. The average Bonchev–Trinajstić information content (AvgIpc) is 2.30. The van der Waals surface area contributed by atoms with Crippen LogP contribution in [0.15, 0.2) is 0 Å². The Bertz CT molecular complexity index is 244. The number of carboxylic acid groups (broad SMARTS) is 1. The molecule has 17 heavy (non-hydrogen) atoms. The quantitative estimate of drug-likeness (QED) is 0.529. The zero-order valence-electron chi connectivity index (χ0n) is 11.0. The van der Waals surface area contributed by atoms with Gasteiger partial charge in [-0.15, -0.1) is 0 Å². The lowest BCUT2D eigenvalue weighted by atomic mass is 10.1. The highest BCUT2D eigenvalue weighted by molar-refractivity contribution is 5.77. The Morgan fingerprint density at radius 1 is 1.29 bits per heavy atom. The predicted octanol–water partition coefficient (Wildman–Crippen LogP) is 0.992. The molecule has 0 fully saturated rings. The summed E-state index contributed by atoms with van der Waals surface area (Å²) in [4.78, 5) is 21.9. The second kappa shape index (κ2) is 8.98. The van der Waals surface area contributed by atoms with E-state index in [1.54, 1.807) is 6.92 Å². The van der Waals surface area contributed by atoms with Crippen molar-refractivity contribution in [2.45, 2.75) is 46.1 Å². The standard InChI is InChI=1S/C12H24N2O3/c1-4-10(3)14-8-11(15)13-7-5-6-9(2)12(16)17/h9-10,14H,4-8H2,1-3H3,(H,13,15)(H,16,17). The number of hydrogen-bond acceptors (Lipinski definition) is 3. The largest absolute Gasteiger partial charge is 0.481 e. The summed E-state index contributed by atoms with van der Waals surface area (Å²) in [7, 11) is 0. The average molecular weight is 244 g/mol. The van der Waals surface area contributed by atoms with Gasteiger partial charge in [0.05, 0.1) is 12.5 Å². The number of carboxylic acids is 1. The van der Waals surface area contributed by atoms with Crippen LogP contribution < -0.4 is 10.6 Å². The first-order chi connectivity index (χ1) is 7.97. The van der Waals surface area contributed by atoms with Crippen molar-refractivity contribution < 1.29 is 14.7 Å². The molecule has 100 valence electrons. The third-order valence-electron chi connectivity index (χ3n) is 2.78. The van der Waals surface area contributed by atoms with Gasteiger partial charge >= 0.3 is 5.97 Å². The molecule has 1 amide bonds. The minimum atomic E-state index is -0.783. The molecular formula is C12H24N2O3. The van der Waals surface area contributed by atoms with E-state index in [0.29, 0.717) is 32.0 Å². The smallest absolute Gasteiger partial charge is 0.306 e.